The number of rotatable bonds is 6. The molecule has 0 aliphatic carbocycles. The molecule has 4 nitrogen and oxygen atoms in total. The van der Waals surface area contributed by atoms with E-state index < -0.39 is 10.7 Å². The summed E-state index contributed by atoms with van der Waals surface area (Å²) in [6.45, 7) is 4.02. The molecule has 100 valence electrons. The number of benzene rings is 1. The minimum Gasteiger partial charge on any atom is -0.377 e. The minimum atomic E-state index is -0.490. The number of nitro groups is 1. The van der Waals surface area contributed by atoms with Gasteiger partial charge in [-0.3, -0.25) is 10.1 Å². The average Bonchev–Trinajstić information content (AvgIpc) is 2.30. The Morgan fingerprint density at radius 1 is 1.56 bits per heavy atom. The second-order valence-corrected chi connectivity index (χ2v) is 5.39. The molecular formula is C12H16FIN2O2. The third-order valence-electron chi connectivity index (χ3n) is 2.63. The number of nitrogens with zero attached hydrogens (tertiary/aromatic N) is 1. The van der Waals surface area contributed by atoms with Crippen molar-refractivity contribution in [2.24, 2.45) is 0 Å². The van der Waals surface area contributed by atoms with Crippen LogP contribution in [0.15, 0.2) is 12.1 Å². The maximum Gasteiger partial charge on any atom is 0.293 e. The molecule has 0 heterocycles. The summed E-state index contributed by atoms with van der Waals surface area (Å²) in [6, 6.07) is 2.54. The van der Waals surface area contributed by atoms with Gasteiger partial charge in [-0.1, -0.05) is 19.8 Å². The maximum atomic E-state index is 13.5. The Morgan fingerprint density at radius 2 is 2.22 bits per heavy atom. The molecular weight excluding hydrogens is 350 g/mol. The molecule has 1 aromatic carbocycles. The molecule has 1 N–H and O–H groups in total. The number of nitrogens with one attached hydrogen (secondary N) is 1. The standard InChI is InChI=1S/C12H16FIN2O2/c1-3-4-5-8(2)15-11-6-9(13)10(14)7-12(11)16(17)18/h6-8,15H,3-5H2,1-2H3. The third-order valence-corrected chi connectivity index (χ3v) is 3.45. The van der Waals surface area contributed by atoms with Gasteiger partial charge >= 0.3 is 0 Å². The molecule has 1 rings (SSSR count). The smallest absolute Gasteiger partial charge is 0.293 e. The van der Waals surface area contributed by atoms with Crippen LogP contribution in [-0.2, 0) is 0 Å². The molecule has 0 aliphatic heterocycles. The van der Waals surface area contributed by atoms with Gasteiger partial charge in [0.1, 0.15) is 11.5 Å². The SMILES string of the molecule is CCCCC(C)Nc1cc(F)c(I)cc1[N+](=O)[O-]. The van der Waals surface area contributed by atoms with E-state index in [1.165, 1.54) is 12.1 Å². The third kappa shape index (κ3) is 4.08. The van der Waals surface area contributed by atoms with Crippen molar-refractivity contribution in [2.45, 2.75) is 39.2 Å². The highest BCUT2D eigenvalue weighted by Gasteiger charge is 2.18. The molecule has 6 heteroatoms. The summed E-state index contributed by atoms with van der Waals surface area (Å²) in [5.41, 5.74) is 0.172. The predicted octanol–water partition coefficient (Wildman–Crippen LogP) is 4.33. The summed E-state index contributed by atoms with van der Waals surface area (Å²) in [6.07, 6.45) is 3.01. The van der Waals surface area contributed by atoms with Crippen LogP contribution in [0.25, 0.3) is 0 Å². The Bertz CT molecular complexity index is 440. The normalized spacial score (nSPS) is 12.2. The molecule has 18 heavy (non-hydrogen) atoms. The molecule has 0 spiro atoms. The van der Waals surface area contributed by atoms with Gasteiger partial charge in [-0.05, 0) is 35.9 Å². The Morgan fingerprint density at radius 3 is 2.78 bits per heavy atom. The second-order valence-electron chi connectivity index (χ2n) is 4.23. The number of anilines is 1. The van der Waals surface area contributed by atoms with Crippen LogP contribution in [-0.4, -0.2) is 11.0 Å². The van der Waals surface area contributed by atoms with Gasteiger partial charge in [0, 0.05) is 18.2 Å². The van der Waals surface area contributed by atoms with E-state index in [1.807, 2.05) is 6.92 Å². The molecule has 0 aliphatic rings. The van der Waals surface area contributed by atoms with E-state index in [0.717, 1.165) is 19.3 Å². The van der Waals surface area contributed by atoms with Crippen molar-refractivity contribution in [3.8, 4) is 0 Å². The van der Waals surface area contributed by atoms with E-state index in [0.29, 0.717) is 0 Å². The molecule has 0 fully saturated rings. The molecule has 0 radical (unpaired) electrons. The first-order valence-electron chi connectivity index (χ1n) is 5.85. The highest BCUT2D eigenvalue weighted by Crippen LogP contribution is 2.29. The first kappa shape index (κ1) is 15.1. The fraction of sp³-hybridized carbons (Fsp3) is 0.500. The molecule has 0 saturated heterocycles. The number of hydrogen-bond acceptors (Lipinski definition) is 3. The lowest BCUT2D eigenvalue weighted by molar-refractivity contribution is -0.384. The van der Waals surface area contributed by atoms with E-state index in [2.05, 4.69) is 12.2 Å². The van der Waals surface area contributed by atoms with Crippen LogP contribution < -0.4 is 5.32 Å². The minimum absolute atomic E-state index is 0.0795. The lowest BCUT2D eigenvalue weighted by Crippen LogP contribution is -2.16. The van der Waals surface area contributed by atoms with Gasteiger partial charge in [-0.15, -0.1) is 0 Å². The predicted molar refractivity (Wildman–Crippen MR) is 78.4 cm³/mol. The van der Waals surface area contributed by atoms with Gasteiger partial charge in [0.15, 0.2) is 0 Å². The average molecular weight is 366 g/mol. The fourth-order valence-electron chi connectivity index (χ4n) is 1.65. The van der Waals surface area contributed by atoms with Crippen molar-refractivity contribution < 1.29 is 9.31 Å². The number of unbranched alkanes of at least 4 members (excludes halogenated alkanes) is 1. The second kappa shape index (κ2) is 6.86. The summed E-state index contributed by atoms with van der Waals surface area (Å²) < 4.78 is 13.7. The van der Waals surface area contributed by atoms with E-state index in [9.17, 15) is 14.5 Å². The van der Waals surface area contributed by atoms with Crippen molar-refractivity contribution in [3.63, 3.8) is 0 Å². The van der Waals surface area contributed by atoms with Crippen LogP contribution in [0.5, 0.6) is 0 Å². The summed E-state index contributed by atoms with van der Waals surface area (Å²) >= 11 is 1.75. The lowest BCUT2D eigenvalue weighted by Gasteiger charge is -2.15. The van der Waals surface area contributed by atoms with Crippen molar-refractivity contribution in [1.29, 1.82) is 0 Å². The van der Waals surface area contributed by atoms with Gasteiger partial charge in [-0.2, -0.15) is 0 Å². The Hall–Kier alpha value is -0.920. The zero-order chi connectivity index (χ0) is 13.7. The Balaban J connectivity index is 2.93. The van der Waals surface area contributed by atoms with Crippen molar-refractivity contribution in [3.05, 3.63) is 31.6 Å². The van der Waals surface area contributed by atoms with Crippen molar-refractivity contribution >= 4 is 34.0 Å². The van der Waals surface area contributed by atoms with Crippen molar-refractivity contribution in [1.82, 2.24) is 0 Å². The lowest BCUT2D eigenvalue weighted by atomic mass is 10.1. The summed E-state index contributed by atoms with van der Waals surface area (Å²) in [5, 5.41) is 13.9. The van der Waals surface area contributed by atoms with Crippen molar-refractivity contribution in [2.75, 3.05) is 5.32 Å². The number of hydrogen-bond donors (Lipinski definition) is 1. The van der Waals surface area contributed by atoms with E-state index in [4.69, 9.17) is 0 Å². The monoisotopic (exact) mass is 366 g/mol. The van der Waals surface area contributed by atoms with Crippen LogP contribution in [0, 0.1) is 19.5 Å². The molecule has 1 atom stereocenters. The molecule has 1 unspecified atom stereocenters. The molecule has 0 bridgehead atoms. The van der Waals surface area contributed by atoms with Gasteiger partial charge in [0.2, 0.25) is 0 Å². The first-order valence-corrected chi connectivity index (χ1v) is 6.93. The van der Waals surface area contributed by atoms with E-state index in [-0.39, 0.29) is 21.0 Å². The molecule has 0 aromatic heterocycles. The molecule has 1 aromatic rings. The van der Waals surface area contributed by atoms with Crippen LogP contribution >= 0.6 is 22.6 Å². The highest BCUT2D eigenvalue weighted by atomic mass is 127. The largest absolute Gasteiger partial charge is 0.377 e. The molecule has 0 saturated carbocycles. The van der Waals surface area contributed by atoms with Crippen LogP contribution in [0.1, 0.15) is 33.1 Å². The summed E-state index contributed by atoms with van der Waals surface area (Å²) in [4.78, 5) is 10.4. The maximum absolute atomic E-state index is 13.5. The van der Waals surface area contributed by atoms with Gasteiger partial charge in [0.25, 0.3) is 5.69 Å². The highest BCUT2D eigenvalue weighted by molar-refractivity contribution is 14.1. The summed E-state index contributed by atoms with van der Waals surface area (Å²) in [5.74, 6) is -0.439. The van der Waals surface area contributed by atoms with Gasteiger partial charge < -0.3 is 5.32 Å². The van der Waals surface area contributed by atoms with Crippen LogP contribution in [0.2, 0.25) is 0 Å². The fourth-order valence-corrected chi connectivity index (χ4v) is 2.10. The topological polar surface area (TPSA) is 55.2 Å². The zero-order valence-corrected chi connectivity index (χ0v) is 12.5. The van der Waals surface area contributed by atoms with Gasteiger partial charge in [-0.25, -0.2) is 4.39 Å². The van der Waals surface area contributed by atoms with Crippen LogP contribution in [0.3, 0.4) is 0 Å². The van der Waals surface area contributed by atoms with Crippen LogP contribution in [0.4, 0.5) is 15.8 Å². The molecule has 0 amide bonds. The van der Waals surface area contributed by atoms with Gasteiger partial charge in [0.05, 0.1) is 8.49 Å². The van der Waals surface area contributed by atoms with E-state index >= 15 is 0 Å². The number of halogens is 2. The zero-order valence-electron chi connectivity index (χ0n) is 10.4. The summed E-state index contributed by atoms with van der Waals surface area (Å²) in [7, 11) is 0. The quantitative estimate of drug-likeness (QED) is 0.463. The number of nitro benzene ring substituents is 1. The van der Waals surface area contributed by atoms with E-state index in [1.54, 1.807) is 22.6 Å². The Kier molecular flexibility index (Phi) is 5.77. The Labute approximate surface area is 119 Å². The first-order chi connectivity index (χ1) is 8.45.